The molecule has 3 aromatic rings. The predicted octanol–water partition coefficient (Wildman–Crippen LogP) is 3.52. The van der Waals surface area contributed by atoms with Crippen molar-refractivity contribution in [3.05, 3.63) is 58.1 Å². The Morgan fingerprint density at radius 3 is 2.79 bits per heavy atom. The number of nitrogens with zero attached hydrogens (tertiary/aromatic N) is 3. The van der Waals surface area contributed by atoms with Crippen molar-refractivity contribution in [2.45, 2.75) is 26.2 Å². The van der Waals surface area contributed by atoms with Gasteiger partial charge in [-0.05, 0) is 50.5 Å². The van der Waals surface area contributed by atoms with E-state index in [0.29, 0.717) is 10.8 Å². The first-order chi connectivity index (χ1) is 11.6. The van der Waals surface area contributed by atoms with Crippen LogP contribution in [0.4, 0.5) is 9.52 Å². The van der Waals surface area contributed by atoms with Gasteiger partial charge in [0.15, 0.2) is 10.8 Å². The van der Waals surface area contributed by atoms with Crippen LogP contribution in [-0.2, 0) is 12.8 Å². The highest BCUT2D eigenvalue weighted by molar-refractivity contribution is 7.13. The van der Waals surface area contributed by atoms with Gasteiger partial charge >= 0.3 is 0 Å². The Bertz CT molecular complexity index is 913. The fourth-order valence-electron chi connectivity index (χ4n) is 2.98. The molecule has 122 valence electrons. The van der Waals surface area contributed by atoms with E-state index >= 15 is 0 Å². The zero-order valence-corrected chi connectivity index (χ0v) is 13.9. The van der Waals surface area contributed by atoms with Gasteiger partial charge in [-0.15, -0.1) is 11.3 Å². The summed E-state index contributed by atoms with van der Waals surface area (Å²) in [4.78, 5) is 16.9. The van der Waals surface area contributed by atoms with E-state index in [4.69, 9.17) is 0 Å². The zero-order valence-electron chi connectivity index (χ0n) is 13.0. The van der Waals surface area contributed by atoms with Crippen LogP contribution in [0.2, 0.25) is 0 Å². The number of fused-ring (bicyclic) bond motifs is 1. The first-order valence-electron chi connectivity index (χ1n) is 7.72. The third kappa shape index (κ3) is 2.60. The fraction of sp³-hybridized carbons (Fsp3) is 0.235. The van der Waals surface area contributed by atoms with Crippen molar-refractivity contribution in [3.8, 4) is 5.69 Å². The van der Waals surface area contributed by atoms with Crippen LogP contribution in [0.25, 0.3) is 5.69 Å². The van der Waals surface area contributed by atoms with E-state index in [1.165, 1.54) is 23.5 Å². The van der Waals surface area contributed by atoms with E-state index in [1.807, 2.05) is 12.3 Å². The number of hydrogen-bond acceptors (Lipinski definition) is 4. The molecule has 1 aliphatic rings. The monoisotopic (exact) mass is 342 g/mol. The summed E-state index contributed by atoms with van der Waals surface area (Å²) < 4.78 is 14.9. The molecule has 2 aromatic heterocycles. The van der Waals surface area contributed by atoms with E-state index in [2.05, 4.69) is 15.4 Å². The number of aryl methyl sites for hydroxylation is 1. The summed E-state index contributed by atoms with van der Waals surface area (Å²) >= 11 is 1.39. The van der Waals surface area contributed by atoms with Crippen LogP contribution in [-0.4, -0.2) is 20.7 Å². The lowest BCUT2D eigenvalue weighted by molar-refractivity contribution is 0.102. The number of halogens is 1. The standard InChI is InChI=1S/C17H15FN4OS/c1-10-9-24-17(19-10)20-16(23)15-13-3-2-4-14(13)22(21-15)12-7-5-11(18)6-8-12/h5-9H,2-4H2,1H3,(H,19,20,23). The van der Waals surface area contributed by atoms with Gasteiger partial charge in [0.25, 0.3) is 5.91 Å². The number of aromatic nitrogens is 3. The Morgan fingerprint density at radius 2 is 2.08 bits per heavy atom. The summed E-state index contributed by atoms with van der Waals surface area (Å²) in [6, 6.07) is 6.15. The molecule has 1 amide bonds. The van der Waals surface area contributed by atoms with Gasteiger partial charge < -0.3 is 0 Å². The second-order valence-electron chi connectivity index (χ2n) is 5.76. The van der Waals surface area contributed by atoms with Gasteiger partial charge in [0, 0.05) is 16.6 Å². The van der Waals surface area contributed by atoms with Gasteiger partial charge in [0.05, 0.1) is 11.4 Å². The van der Waals surface area contributed by atoms with Crippen molar-refractivity contribution in [2.75, 3.05) is 5.32 Å². The number of thiazole rings is 1. The molecule has 7 heteroatoms. The van der Waals surface area contributed by atoms with Gasteiger partial charge in [-0.1, -0.05) is 0 Å². The largest absolute Gasteiger partial charge is 0.296 e. The van der Waals surface area contributed by atoms with Gasteiger partial charge in [-0.25, -0.2) is 14.1 Å². The summed E-state index contributed by atoms with van der Waals surface area (Å²) in [5, 5.41) is 9.77. The number of hydrogen-bond donors (Lipinski definition) is 1. The summed E-state index contributed by atoms with van der Waals surface area (Å²) in [5.41, 5.74) is 4.07. The SMILES string of the molecule is Cc1csc(NC(=O)c2nn(-c3ccc(F)cc3)c3c2CCC3)n1. The highest BCUT2D eigenvalue weighted by Gasteiger charge is 2.27. The molecule has 1 N–H and O–H groups in total. The molecular formula is C17H15FN4OS. The number of carbonyl (C=O) groups is 1. The number of rotatable bonds is 3. The van der Waals surface area contributed by atoms with Crippen molar-refractivity contribution >= 4 is 22.4 Å². The van der Waals surface area contributed by atoms with E-state index in [0.717, 1.165) is 41.9 Å². The van der Waals surface area contributed by atoms with Crippen molar-refractivity contribution in [2.24, 2.45) is 0 Å². The summed E-state index contributed by atoms with van der Waals surface area (Å²) in [6.07, 6.45) is 2.69. The highest BCUT2D eigenvalue weighted by Crippen LogP contribution is 2.28. The molecule has 0 atom stereocenters. The number of carbonyl (C=O) groups excluding carboxylic acids is 1. The van der Waals surface area contributed by atoms with Gasteiger partial charge in [0.1, 0.15) is 5.82 Å². The molecule has 4 rings (SSSR count). The highest BCUT2D eigenvalue weighted by atomic mass is 32.1. The second kappa shape index (κ2) is 5.83. The van der Waals surface area contributed by atoms with Crippen molar-refractivity contribution in [1.29, 1.82) is 0 Å². The Morgan fingerprint density at radius 1 is 1.29 bits per heavy atom. The van der Waals surface area contributed by atoms with Crippen LogP contribution in [0.5, 0.6) is 0 Å². The molecule has 5 nitrogen and oxygen atoms in total. The van der Waals surface area contributed by atoms with E-state index in [1.54, 1.807) is 16.8 Å². The zero-order chi connectivity index (χ0) is 16.7. The predicted molar refractivity (Wildman–Crippen MR) is 90.4 cm³/mol. The molecule has 0 radical (unpaired) electrons. The molecule has 0 saturated carbocycles. The molecule has 0 aliphatic heterocycles. The lowest BCUT2D eigenvalue weighted by Gasteiger charge is -2.05. The topological polar surface area (TPSA) is 59.8 Å². The van der Waals surface area contributed by atoms with Gasteiger partial charge in [-0.3, -0.25) is 10.1 Å². The lowest BCUT2D eigenvalue weighted by atomic mass is 10.2. The molecule has 0 fully saturated rings. The minimum absolute atomic E-state index is 0.247. The maximum atomic E-state index is 13.2. The maximum absolute atomic E-state index is 13.2. The van der Waals surface area contributed by atoms with Crippen LogP contribution in [0.15, 0.2) is 29.6 Å². The first kappa shape index (κ1) is 15.0. The Balaban J connectivity index is 1.70. The van der Waals surface area contributed by atoms with Crippen LogP contribution in [0, 0.1) is 12.7 Å². The van der Waals surface area contributed by atoms with Crippen molar-refractivity contribution in [1.82, 2.24) is 14.8 Å². The van der Waals surface area contributed by atoms with Gasteiger partial charge in [-0.2, -0.15) is 5.10 Å². The quantitative estimate of drug-likeness (QED) is 0.792. The van der Waals surface area contributed by atoms with E-state index in [9.17, 15) is 9.18 Å². The molecule has 0 spiro atoms. The summed E-state index contributed by atoms with van der Waals surface area (Å²) in [5.74, 6) is -0.539. The molecule has 1 aliphatic carbocycles. The van der Waals surface area contributed by atoms with Crippen LogP contribution in [0.3, 0.4) is 0 Å². The normalized spacial score (nSPS) is 13.1. The summed E-state index contributed by atoms with van der Waals surface area (Å²) in [7, 11) is 0. The minimum Gasteiger partial charge on any atom is -0.296 e. The van der Waals surface area contributed by atoms with Gasteiger partial charge in [0.2, 0.25) is 0 Å². The molecular weight excluding hydrogens is 327 g/mol. The summed E-state index contributed by atoms with van der Waals surface area (Å²) in [6.45, 7) is 1.88. The number of nitrogens with one attached hydrogen (secondary N) is 1. The third-order valence-corrected chi connectivity index (χ3v) is 4.93. The molecule has 1 aromatic carbocycles. The number of benzene rings is 1. The van der Waals surface area contributed by atoms with Crippen molar-refractivity contribution in [3.63, 3.8) is 0 Å². The van der Waals surface area contributed by atoms with Crippen LogP contribution < -0.4 is 5.32 Å². The first-order valence-corrected chi connectivity index (χ1v) is 8.60. The fourth-order valence-corrected chi connectivity index (χ4v) is 3.67. The smallest absolute Gasteiger partial charge is 0.278 e. The van der Waals surface area contributed by atoms with Crippen LogP contribution in [0.1, 0.15) is 33.9 Å². The third-order valence-electron chi connectivity index (χ3n) is 4.06. The maximum Gasteiger partial charge on any atom is 0.278 e. The molecule has 0 saturated heterocycles. The van der Waals surface area contributed by atoms with Crippen LogP contribution >= 0.6 is 11.3 Å². The molecule has 0 unspecified atom stereocenters. The Labute approximate surface area is 142 Å². The van der Waals surface area contributed by atoms with Crippen molar-refractivity contribution < 1.29 is 9.18 Å². The number of anilines is 1. The minimum atomic E-state index is -0.292. The molecule has 2 heterocycles. The molecule has 24 heavy (non-hydrogen) atoms. The number of amides is 1. The average Bonchev–Trinajstić information content (AvgIpc) is 3.25. The second-order valence-corrected chi connectivity index (χ2v) is 6.62. The van der Waals surface area contributed by atoms with E-state index in [-0.39, 0.29) is 11.7 Å². The van der Waals surface area contributed by atoms with E-state index < -0.39 is 0 Å². The molecule has 0 bridgehead atoms. The Kier molecular flexibility index (Phi) is 3.65. The Hall–Kier alpha value is -2.54. The average molecular weight is 342 g/mol. The lowest BCUT2D eigenvalue weighted by Crippen LogP contribution is -2.14.